The summed E-state index contributed by atoms with van der Waals surface area (Å²) in [6.07, 6.45) is 3.39. The fourth-order valence-electron chi connectivity index (χ4n) is 2.06. The van der Waals surface area contributed by atoms with E-state index in [9.17, 15) is 14.9 Å². The van der Waals surface area contributed by atoms with Gasteiger partial charge in [-0.15, -0.1) is 0 Å². The predicted molar refractivity (Wildman–Crippen MR) is 67.9 cm³/mol. The third-order valence-corrected chi connectivity index (χ3v) is 3.03. The summed E-state index contributed by atoms with van der Waals surface area (Å²) < 4.78 is 5.42. The maximum atomic E-state index is 11.5. The Morgan fingerprint density at radius 2 is 1.95 bits per heavy atom. The summed E-state index contributed by atoms with van der Waals surface area (Å²) in [4.78, 5) is 28.9. The van der Waals surface area contributed by atoms with Crippen LogP contribution in [-0.2, 0) is 6.42 Å². The predicted octanol–water partition coefficient (Wildman–Crippen LogP) is 2.31. The molecule has 0 saturated heterocycles. The van der Waals surface area contributed by atoms with Gasteiger partial charge in [0.2, 0.25) is 0 Å². The molecule has 1 aromatic heterocycles. The lowest BCUT2D eigenvalue weighted by atomic mass is 10.1. The number of Topliss-reactive ketones (excluding diaryl/α,β-unsaturated/α-hetero) is 1. The second-order valence-electron chi connectivity index (χ2n) is 4.33. The molecule has 0 unspecified atom stereocenters. The topological polar surface area (TPSA) is 95.2 Å². The Morgan fingerprint density at radius 1 is 1.20 bits per heavy atom. The number of hydrogen-bond acceptors (Lipinski definition) is 6. The smallest absolute Gasteiger partial charge is 0.322 e. The minimum atomic E-state index is -0.579. The molecule has 3 rings (SSSR count). The van der Waals surface area contributed by atoms with E-state index < -0.39 is 4.92 Å². The molecule has 1 aliphatic rings. The van der Waals surface area contributed by atoms with Crippen molar-refractivity contribution >= 4 is 11.5 Å². The Bertz CT molecular complexity index is 697. The van der Waals surface area contributed by atoms with Crippen LogP contribution in [0.15, 0.2) is 30.6 Å². The Kier molecular flexibility index (Phi) is 2.86. The first-order valence-corrected chi connectivity index (χ1v) is 5.94. The summed E-state index contributed by atoms with van der Waals surface area (Å²) in [5.41, 5.74) is 1.47. The van der Waals surface area contributed by atoms with Crippen LogP contribution in [0.25, 0.3) is 0 Å². The van der Waals surface area contributed by atoms with Gasteiger partial charge in [0, 0.05) is 12.0 Å². The quantitative estimate of drug-likeness (QED) is 0.627. The Labute approximate surface area is 113 Å². The van der Waals surface area contributed by atoms with Gasteiger partial charge >= 0.3 is 11.7 Å². The van der Waals surface area contributed by atoms with E-state index in [1.54, 1.807) is 18.2 Å². The second kappa shape index (κ2) is 4.69. The van der Waals surface area contributed by atoms with E-state index in [1.165, 1.54) is 0 Å². The average Bonchev–Trinajstić information content (AvgIpc) is 2.81. The largest absolute Gasteiger partial charge is 0.424 e. The minimum Gasteiger partial charge on any atom is -0.424 e. The van der Waals surface area contributed by atoms with Crippen molar-refractivity contribution in [3.63, 3.8) is 0 Å². The van der Waals surface area contributed by atoms with E-state index in [4.69, 9.17) is 4.74 Å². The third-order valence-electron chi connectivity index (χ3n) is 3.03. The number of fused-ring (bicyclic) bond motifs is 1. The minimum absolute atomic E-state index is 0.0277. The summed E-state index contributed by atoms with van der Waals surface area (Å²) in [6.45, 7) is 0. The number of hydrogen-bond donors (Lipinski definition) is 0. The molecule has 0 spiro atoms. The number of aryl methyl sites for hydroxylation is 1. The van der Waals surface area contributed by atoms with Crippen LogP contribution in [0.1, 0.15) is 22.3 Å². The van der Waals surface area contributed by atoms with E-state index in [0.29, 0.717) is 18.6 Å². The van der Waals surface area contributed by atoms with Crippen molar-refractivity contribution in [1.29, 1.82) is 0 Å². The van der Waals surface area contributed by atoms with Gasteiger partial charge in [0.15, 0.2) is 5.78 Å². The molecule has 7 nitrogen and oxygen atoms in total. The number of rotatable bonds is 3. The standard InChI is InChI=1S/C13H9N3O4/c17-12-4-1-8-5-10(2-3-11(8)12)20-13-14-6-9(7-15-13)16(18)19/h2-3,5-7H,1,4H2. The van der Waals surface area contributed by atoms with Crippen LogP contribution >= 0.6 is 0 Å². The molecule has 0 bridgehead atoms. The van der Waals surface area contributed by atoms with E-state index >= 15 is 0 Å². The molecular formula is C13H9N3O4. The molecule has 1 aromatic carbocycles. The number of carbonyl (C=O) groups is 1. The average molecular weight is 271 g/mol. The maximum Gasteiger partial charge on any atom is 0.322 e. The van der Waals surface area contributed by atoms with Crippen molar-refractivity contribution in [1.82, 2.24) is 9.97 Å². The van der Waals surface area contributed by atoms with Gasteiger partial charge in [0.05, 0.1) is 4.92 Å². The number of carbonyl (C=O) groups excluding carboxylic acids is 1. The normalized spacial score (nSPS) is 13.1. The summed E-state index contributed by atoms with van der Waals surface area (Å²) in [5, 5.41) is 10.5. The number of ketones is 1. The Balaban J connectivity index is 1.81. The van der Waals surface area contributed by atoms with E-state index in [0.717, 1.165) is 23.5 Å². The first kappa shape index (κ1) is 12.2. The van der Waals surface area contributed by atoms with Crippen LogP contribution in [0.2, 0.25) is 0 Å². The summed E-state index contributed by atoms with van der Waals surface area (Å²) in [7, 11) is 0. The maximum absolute atomic E-state index is 11.5. The highest BCUT2D eigenvalue weighted by Crippen LogP contribution is 2.28. The first-order valence-electron chi connectivity index (χ1n) is 5.94. The van der Waals surface area contributed by atoms with Crippen LogP contribution in [0.5, 0.6) is 11.8 Å². The molecule has 20 heavy (non-hydrogen) atoms. The summed E-state index contributed by atoms with van der Waals surface area (Å²) >= 11 is 0. The highest BCUT2D eigenvalue weighted by Gasteiger charge is 2.19. The van der Waals surface area contributed by atoms with Crippen molar-refractivity contribution in [3.05, 3.63) is 51.8 Å². The van der Waals surface area contributed by atoms with Crippen LogP contribution in [0.4, 0.5) is 5.69 Å². The number of nitro groups is 1. The van der Waals surface area contributed by atoms with Crippen molar-refractivity contribution in [2.24, 2.45) is 0 Å². The molecule has 0 fully saturated rings. The molecular weight excluding hydrogens is 262 g/mol. The van der Waals surface area contributed by atoms with Crippen LogP contribution in [0.3, 0.4) is 0 Å². The van der Waals surface area contributed by atoms with Gasteiger partial charge in [0.25, 0.3) is 0 Å². The monoisotopic (exact) mass is 271 g/mol. The fourth-order valence-corrected chi connectivity index (χ4v) is 2.06. The number of ether oxygens (including phenoxy) is 1. The highest BCUT2D eigenvalue weighted by atomic mass is 16.6. The van der Waals surface area contributed by atoms with Gasteiger partial charge in [-0.25, -0.2) is 0 Å². The van der Waals surface area contributed by atoms with Crippen LogP contribution < -0.4 is 4.74 Å². The zero-order valence-corrected chi connectivity index (χ0v) is 10.3. The molecule has 1 heterocycles. The van der Waals surface area contributed by atoms with Crippen molar-refractivity contribution in [3.8, 4) is 11.8 Å². The number of nitrogens with zero attached hydrogens (tertiary/aromatic N) is 3. The lowest BCUT2D eigenvalue weighted by molar-refractivity contribution is -0.385. The van der Waals surface area contributed by atoms with Gasteiger partial charge in [-0.2, -0.15) is 9.97 Å². The van der Waals surface area contributed by atoms with Gasteiger partial charge < -0.3 is 4.74 Å². The Hall–Kier alpha value is -2.83. The van der Waals surface area contributed by atoms with E-state index in [-0.39, 0.29) is 17.5 Å². The van der Waals surface area contributed by atoms with Crippen LogP contribution in [-0.4, -0.2) is 20.7 Å². The molecule has 100 valence electrons. The van der Waals surface area contributed by atoms with Crippen molar-refractivity contribution in [2.75, 3.05) is 0 Å². The molecule has 0 atom stereocenters. The van der Waals surface area contributed by atoms with Gasteiger partial charge in [-0.05, 0) is 30.2 Å². The van der Waals surface area contributed by atoms with Gasteiger partial charge in [-0.3, -0.25) is 14.9 Å². The zero-order chi connectivity index (χ0) is 14.1. The van der Waals surface area contributed by atoms with Gasteiger partial charge in [-0.1, -0.05) is 0 Å². The molecule has 7 heteroatoms. The number of benzene rings is 1. The van der Waals surface area contributed by atoms with E-state index in [2.05, 4.69) is 9.97 Å². The molecule has 0 amide bonds. The first-order chi connectivity index (χ1) is 9.63. The molecule has 0 aliphatic heterocycles. The summed E-state index contributed by atoms with van der Waals surface area (Å²) in [6, 6.07) is 5.17. The van der Waals surface area contributed by atoms with Crippen molar-refractivity contribution in [2.45, 2.75) is 12.8 Å². The summed E-state index contributed by atoms with van der Waals surface area (Å²) in [5.74, 6) is 0.644. The highest BCUT2D eigenvalue weighted by molar-refractivity contribution is 6.00. The molecule has 0 N–H and O–H groups in total. The van der Waals surface area contributed by atoms with Crippen molar-refractivity contribution < 1.29 is 14.5 Å². The Morgan fingerprint density at radius 3 is 2.65 bits per heavy atom. The molecule has 0 saturated carbocycles. The fraction of sp³-hybridized carbons (Fsp3) is 0.154. The second-order valence-corrected chi connectivity index (χ2v) is 4.33. The third kappa shape index (κ3) is 2.20. The SMILES string of the molecule is O=C1CCc2cc(Oc3ncc([N+](=O)[O-])cn3)ccc21. The molecule has 0 radical (unpaired) electrons. The van der Waals surface area contributed by atoms with E-state index in [1.807, 2.05) is 0 Å². The van der Waals surface area contributed by atoms with Crippen LogP contribution in [0, 0.1) is 10.1 Å². The van der Waals surface area contributed by atoms with Gasteiger partial charge in [0.1, 0.15) is 18.1 Å². The zero-order valence-electron chi connectivity index (χ0n) is 10.3. The lowest BCUT2D eigenvalue weighted by Gasteiger charge is -2.05. The number of aromatic nitrogens is 2. The molecule has 1 aliphatic carbocycles. The lowest BCUT2D eigenvalue weighted by Crippen LogP contribution is -1.96. The molecule has 2 aromatic rings.